The summed E-state index contributed by atoms with van der Waals surface area (Å²) in [7, 11) is 3.48. The van der Waals surface area contributed by atoms with E-state index in [0.717, 1.165) is 16.7 Å². The lowest BCUT2D eigenvalue weighted by Crippen LogP contribution is -2.52. The minimum Gasteiger partial charge on any atom is -0.350 e. The zero-order valence-corrected chi connectivity index (χ0v) is 24.2. The fourth-order valence-electron chi connectivity index (χ4n) is 5.22. The lowest BCUT2D eigenvalue weighted by Gasteiger charge is -2.28. The molecular weight excluding hydrogens is 536 g/mol. The van der Waals surface area contributed by atoms with Crippen molar-refractivity contribution in [1.29, 1.82) is 0 Å². The lowest BCUT2D eigenvalue weighted by atomic mass is 9.85. The average molecular weight is 571 g/mol. The maximum atomic E-state index is 13.1. The minimum absolute atomic E-state index is 0.0449. The molecule has 0 aliphatic heterocycles. The minimum atomic E-state index is -0.364. The summed E-state index contributed by atoms with van der Waals surface area (Å²) in [5.74, 6) is -0.150. The molecule has 5 rings (SSSR count). The number of carbonyl (C=O) groups is 1. The van der Waals surface area contributed by atoms with Gasteiger partial charge >= 0.3 is 0 Å². The molecule has 0 aliphatic rings. The Hall–Kier alpha value is -5.27. The number of aromatic amines is 1. The van der Waals surface area contributed by atoms with Crippen molar-refractivity contribution in [2.24, 2.45) is 7.05 Å². The van der Waals surface area contributed by atoms with Crippen LogP contribution in [0.4, 0.5) is 0 Å². The Bertz CT molecular complexity index is 1880. The average Bonchev–Trinajstić information content (AvgIpc) is 3.05. The molecule has 0 fully saturated rings. The Balaban J connectivity index is 1.33. The van der Waals surface area contributed by atoms with Crippen LogP contribution in [0.3, 0.4) is 0 Å². The van der Waals surface area contributed by atoms with E-state index in [0.29, 0.717) is 17.7 Å². The number of benzene rings is 4. The number of amides is 1. The summed E-state index contributed by atoms with van der Waals surface area (Å²) < 4.78 is 1.34. The van der Waals surface area contributed by atoms with Crippen molar-refractivity contribution in [3.8, 4) is 0 Å². The summed E-state index contributed by atoms with van der Waals surface area (Å²) in [4.78, 5) is 41.6. The third-order valence-corrected chi connectivity index (χ3v) is 7.54. The van der Waals surface area contributed by atoms with Crippen LogP contribution in [-0.4, -0.2) is 35.1 Å². The molecule has 0 aliphatic carbocycles. The first kappa shape index (κ1) is 29.2. The van der Waals surface area contributed by atoms with Crippen molar-refractivity contribution in [2.45, 2.75) is 12.0 Å². The Morgan fingerprint density at radius 1 is 0.767 bits per heavy atom. The Labute approximate surface area is 249 Å². The molecule has 0 saturated heterocycles. The number of hydrogen-bond donors (Lipinski definition) is 3. The lowest BCUT2D eigenvalue weighted by molar-refractivity contribution is 0.0949. The molecule has 7 heteroatoms. The predicted molar refractivity (Wildman–Crippen MR) is 171 cm³/mol. The molecular formula is C36H34N4O3. The number of hydrogen-bond acceptors (Lipinski definition) is 4. The fourth-order valence-corrected chi connectivity index (χ4v) is 5.22. The summed E-state index contributed by atoms with van der Waals surface area (Å²) in [5, 5.41) is 6.90. The number of carbonyl (C=O) groups excluding carboxylic acids is 1. The molecule has 0 bridgehead atoms. The number of nitrogens with zero attached hydrogens (tertiary/aromatic N) is 1. The van der Waals surface area contributed by atoms with E-state index in [4.69, 9.17) is 0 Å². The predicted octanol–water partition coefficient (Wildman–Crippen LogP) is 2.88. The van der Waals surface area contributed by atoms with Gasteiger partial charge in [0.25, 0.3) is 17.0 Å². The molecule has 1 aromatic heterocycles. The van der Waals surface area contributed by atoms with Crippen molar-refractivity contribution in [3.05, 3.63) is 174 Å². The van der Waals surface area contributed by atoms with Gasteiger partial charge in [0.15, 0.2) is 0 Å². The summed E-state index contributed by atoms with van der Waals surface area (Å²) in [5.41, 5.74) is 3.65. The standard InChI is InChI=1S/C36H34N4O3/c1-37-31(33(27-14-8-4-9-15-27)28-16-10-5-11-17-28)24-38-34(41)29-20-18-26(19-21-29)22-30-36(43)40(2)32(35(42)39-30)23-25-12-6-3-7-13-25/h3-23,31,33,37H,24H2,1-2H3,(H,38,41)(H,39,42)/b30-22-,32-23-. The van der Waals surface area contributed by atoms with Gasteiger partial charge in [-0.05, 0) is 53.6 Å². The van der Waals surface area contributed by atoms with Crippen molar-refractivity contribution in [2.75, 3.05) is 13.6 Å². The molecule has 7 nitrogen and oxygen atoms in total. The largest absolute Gasteiger partial charge is 0.350 e. The second kappa shape index (κ2) is 13.6. The quantitative estimate of drug-likeness (QED) is 0.254. The number of aromatic nitrogens is 2. The molecule has 5 aromatic rings. The smallest absolute Gasteiger partial charge is 0.274 e. The van der Waals surface area contributed by atoms with Gasteiger partial charge in [0.05, 0.1) is 0 Å². The van der Waals surface area contributed by atoms with Crippen molar-refractivity contribution in [1.82, 2.24) is 20.2 Å². The maximum absolute atomic E-state index is 13.1. The topological polar surface area (TPSA) is 96.0 Å². The zero-order valence-electron chi connectivity index (χ0n) is 24.2. The van der Waals surface area contributed by atoms with E-state index in [1.807, 2.05) is 73.8 Å². The van der Waals surface area contributed by atoms with E-state index in [1.54, 1.807) is 43.5 Å². The SMILES string of the molecule is CNC(CNC(=O)c1ccc(/C=c2\[nH]c(=O)/c(=C/c3ccccc3)n(C)c2=O)cc1)C(c1ccccc1)c1ccccc1. The number of nitrogens with one attached hydrogen (secondary N) is 3. The van der Waals surface area contributed by atoms with Gasteiger partial charge < -0.3 is 20.2 Å². The fraction of sp³-hybridized carbons (Fsp3) is 0.139. The van der Waals surface area contributed by atoms with Crippen LogP contribution in [0.5, 0.6) is 0 Å². The number of rotatable bonds is 9. The Morgan fingerprint density at radius 2 is 1.30 bits per heavy atom. The molecule has 43 heavy (non-hydrogen) atoms. The van der Waals surface area contributed by atoms with Crippen molar-refractivity contribution >= 4 is 18.1 Å². The third kappa shape index (κ3) is 6.97. The van der Waals surface area contributed by atoms with Gasteiger partial charge in [-0.25, -0.2) is 0 Å². The normalized spacial score (nSPS) is 12.8. The van der Waals surface area contributed by atoms with Crippen LogP contribution in [0.1, 0.15) is 38.5 Å². The molecule has 216 valence electrons. The van der Waals surface area contributed by atoms with Crippen LogP contribution in [0.2, 0.25) is 0 Å². The first-order valence-corrected chi connectivity index (χ1v) is 14.2. The third-order valence-electron chi connectivity index (χ3n) is 7.54. The van der Waals surface area contributed by atoms with Gasteiger partial charge in [-0.1, -0.05) is 103 Å². The highest BCUT2D eigenvalue weighted by atomic mass is 16.2. The van der Waals surface area contributed by atoms with Gasteiger partial charge in [-0.2, -0.15) is 0 Å². The summed E-state index contributed by atoms with van der Waals surface area (Å²) in [6.07, 6.45) is 3.29. The summed E-state index contributed by atoms with van der Waals surface area (Å²) >= 11 is 0. The van der Waals surface area contributed by atoms with E-state index in [9.17, 15) is 14.4 Å². The Morgan fingerprint density at radius 3 is 1.86 bits per heavy atom. The molecule has 1 heterocycles. The van der Waals surface area contributed by atoms with Gasteiger partial charge in [-0.15, -0.1) is 0 Å². The van der Waals surface area contributed by atoms with Crippen LogP contribution >= 0.6 is 0 Å². The summed E-state index contributed by atoms with van der Waals surface area (Å²) in [6, 6.07) is 36.8. The van der Waals surface area contributed by atoms with Gasteiger partial charge in [0.2, 0.25) is 0 Å². The van der Waals surface area contributed by atoms with Crippen LogP contribution in [0.15, 0.2) is 125 Å². The highest BCUT2D eigenvalue weighted by molar-refractivity contribution is 5.94. The molecule has 0 spiro atoms. The molecule has 0 radical (unpaired) electrons. The highest BCUT2D eigenvalue weighted by Crippen LogP contribution is 2.27. The van der Waals surface area contributed by atoms with Gasteiger partial charge in [0, 0.05) is 31.1 Å². The first-order valence-electron chi connectivity index (χ1n) is 14.2. The van der Waals surface area contributed by atoms with Crippen LogP contribution in [0.25, 0.3) is 12.2 Å². The molecule has 4 aromatic carbocycles. The second-order valence-electron chi connectivity index (χ2n) is 10.3. The number of H-pyrrole nitrogens is 1. The molecule has 1 unspecified atom stereocenters. The Kier molecular flexibility index (Phi) is 9.24. The van der Waals surface area contributed by atoms with Crippen LogP contribution in [0, 0.1) is 0 Å². The number of likely N-dealkylation sites (N-methyl/N-ethyl adjacent to an activating group) is 1. The molecule has 1 atom stereocenters. The van der Waals surface area contributed by atoms with Crippen molar-refractivity contribution in [3.63, 3.8) is 0 Å². The van der Waals surface area contributed by atoms with E-state index in [2.05, 4.69) is 39.9 Å². The van der Waals surface area contributed by atoms with Crippen LogP contribution in [-0.2, 0) is 7.05 Å². The van der Waals surface area contributed by atoms with E-state index < -0.39 is 0 Å². The first-order chi connectivity index (χ1) is 20.9. The highest BCUT2D eigenvalue weighted by Gasteiger charge is 2.24. The second-order valence-corrected chi connectivity index (χ2v) is 10.3. The molecule has 3 N–H and O–H groups in total. The van der Waals surface area contributed by atoms with E-state index in [-0.39, 0.29) is 39.7 Å². The molecule has 0 saturated carbocycles. The van der Waals surface area contributed by atoms with Crippen LogP contribution < -0.4 is 32.5 Å². The van der Waals surface area contributed by atoms with Gasteiger partial charge in [0.1, 0.15) is 10.7 Å². The van der Waals surface area contributed by atoms with Crippen molar-refractivity contribution < 1.29 is 4.79 Å². The maximum Gasteiger partial charge on any atom is 0.274 e. The van der Waals surface area contributed by atoms with E-state index in [1.165, 1.54) is 4.57 Å². The monoisotopic (exact) mass is 570 g/mol. The zero-order chi connectivity index (χ0) is 30.2. The summed E-state index contributed by atoms with van der Waals surface area (Å²) in [6.45, 7) is 0.418. The van der Waals surface area contributed by atoms with Gasteiger partial charge in [-0.3, -0.25) is 14.4 Å². The van der Waals surface area contributed by atoms with E-state index >= 15 is 0 Å². The molecule has 1 amide bonds.